The molecular weight excluding hydrogens is 230 g/mol. The van der Waals surface area contributed by atoms with Crippen molar-refractivity contribution in [3.05, 3.63) is 5.89 Å². The van der Waals surface area contributed by atoms with Gasteiger partial charge in [-0.05, 0) is 30.8 Å². The molecule has 0 radical (unpaired) electrons. The van der Waals surface area contributed by atoms with Crippen molar-refractivity contribution in [2.45, 2.75) is 44.9 Å². The minimum Gasteiger partial charge on any atom is -0.338 e. The molecule has 0 spiro atoms. The third kappa shape index (κ3) is 2.40. The normalized spacial score (nSPS) is 24.8. The molecule has 2 heterocycles. The average molecular weight is 249 g/mol. The molecule has 1 aromatic rings. The third-order valence-electron chi connectivity index (χ3n) is 3.95. The van der Waals surface area contributed by atoms with Crippen LogP contribution in [0.4, 0.5) is 5.95 Å². The standard InChI is InChI=1S/C13H19N3O2/c17-11-6-2-1-5-10(11)9-12-14-13(15-18-12)16-7-3-4-8-16/h10H,1-9H2. The minimum atomic E-state index is 0.102. The van der Waals surface area contributed by atoms with Crippen LogP contribution >= 0.6 is 0 Å². The van der Waals surface area contributed by atoms with Gasteiger partial charge in [0.15, 0.2) is 0 Å². The molecule has 3 rings (SSSR count). The number of ketones is 1. The molecule has 0 aromatic carbocycles. The molecule has 2 fully saturated rings. The van der Waals surface area contributed by atoms with Crippen LogP contribution in [0, 0.1) is 5.92 Å². The van der Waals surface area contributed by atoms with Crippen LogP contribution in [0.2, 0.25) is 0 Å². The Hall–Kier alpha value is -1.39. The van der Waals surface area contributed by atoms with Gasteiger partial charge >= 0.3 is 0 Å². The number of carbonyl (C=O) groups excluding carboxylic acids is 1. The topological polar surface area (TPSA) is 59.2 Å². The molecule has 98 valence electrons. The van der Waals surface area contributed by atoms with Crippen molar-refractivity contribution in [3.63, 3.8) is 0 Å². The smallest absolute Gasteiger partial charge is 0.266 e. The maximum absolute atomic E-state index is 11.8. The van der Waals surface area contributed by atoms with Gasteiger partial charge in [0.25, 0.3) is 5.95 Å². The van der Waals surface area contributed by atoms with Crippen molar-refractivity contribution in [1.82, 2.24) is 10.1 Å². The molecular formula is C13H19N3O2. The molecule has 5 heteroatoms. The summed E-state index contributed by atoms with van der Waals surface area (Å²) in [6.07, 6.45) is 6.90. The first-order chi connectivity index (χ1) is 8.83. The second-order valence-corrected chi connectivity index (χ2v) is 5.30. The van der Waals surface area contributed by atoms with Crippen LogP contribution in [-0.2, 0) is 11.2 Å². The van der Waals surface area contributed by atoms with Crippen LogP contribution in [0.1, 0.15) is 44.4 Å². The molecule has 0 amide bonds. The van der Waals surface area contributed by atoms with Crippen LogP contribution in [-0.4, -0.2) is 29.0 Å². The maximum Gasteiger partial charge on any atom is 0.266 e. The molecule has 1 saturated carbocycles. The van der Waals surface area contributed by atoms with E-state index in [-0.39, 0.29) is 5.92 Å². The second kappa shape index (κ2) is 5.08. The van der Waals surface area contributed by atoms with E-state index in [0.29, 0.717) is 24.0 Å². The van der Waals surface area contributed by atoms with E-state index in [1.165, 1.54) is 12.8 Å². The maximum atomic E-state index is 11.8. The highest BCUT2D eigenvalue weighted by molar-refractivity contribution is 5.81. The Balaban J connectivity index is 1.64. The van der Waals surface area contributed by atoms with Crippen LogP contribution in [0.3, 0.4) is 0 Å². The van der Waals surface area contributed by atoms with Gasteiger partial charge in [-0.25, -0.2) is 0 Å². The van der Waals surface area contributed by atoms with E-state index in [4.69, 9.17) is 4.52 Å². The van der Waals surface area contributed by atoms with E-state index in [1.807, 2.05) is 0 Å². The van der Waals surface area contributed by atoms with Crippen LogP contribution in [0.15, 0.2) is 4.52 Å². The summed E-state index contributed by atoms with van der Waals surface area (Å²) in [6, 6.07) is 0. The fraction of sp³-hybridized carbons (Fsp3) is 0.769. The molecule has 1 aromatic heterocycles. The van der Waals surface area contributed by atoms with Gasteiger partial charge in [-0.3, -0.25) is 4.79 Å². The molecule has 1 saturated heterocycles. The zero-order valence-corrected chi connectivity index (χ0v) is 10.6. The highest BCUT2D eigenvalue weighted by Gasteiger charge is 2.25. The summed E-state index contributed by atoms with van der Waals surface area (Å²) >= 11 is 0. The second-order valence-electron chi connectivity index (χ2n) is 5.30. The van der Waals surface area contributed by atoms with Gasteiger partial charge in [-0.2, -0.15) is 4.98 Å². The molecule has 2 aliphatic rings. The van der Waals surface area contributed by atoms with Crippen LogP contribution in [0.5, 0.6) is 0 Å². The van der Waals surface area contributed by atoms with Gasteiger partial charge in [0.1, 0.15) is 5.78 Å². The first-order valence-corrected chi connectivity index (χ1v) is 6.93. The largest absolute Gasteiger partial charge is 0.338 e. The lowest BCUT2D eigenvalue weighted by Gasteiger charge is -2.18. The van der Waals surface area contributed by atoms with Crippen molar-refractivity contribution in [3.8, 4) is 0 Å². The summed E-state index contributed by atoms with van der Waals surface area (Å²) < 4.78 is 5.27. The summed E-state index contributed by atoms with van der Waals surface area (Å²) in [7, 11) is 0. The number of rotatable bonds is 3. The van der Waals surface area contributed by atoms with Gasteiger partial charge in [0.05, 0.1) is 0 Å². The predicted octanol–water partition coefficient (Wildman–Crippen LogP) is 1.97. The summed E-state index contributed by atoms with van der Waals surface area (Å²) in [6.45, 7) is 2.03. The molecule has 1 aliphatic carbocycles. The van der Waals surface area contributed by atoms with Crippen molar-refractivity contribution in [1.29, 1.82) is 0 Å². The molecule has 0 N–H and O–H groups in total. The van der Waals surface area contributed by atoms with E-state index in [1.54, 1.807) is 0 Å². The fourth-order valence-electron chi connectivity index (χ4n) is 2.86. The molecule has 1 aliphatic heterocycles. The number of Topliss-reactive ketones (excluding diaryl/α,β-unsaturated/α-hetero) is 1. The Morgan fingerprint density at radius 2 is 2.06 bits per heavy atom. The number of carbonyl (C=O) groups is 1. The first-order valence-electron chi connectivity index (χ1n) is 6.93. The first kappa shape index (κ1) is 11.7. The van der Waals surface area contributed by atoms with Crippen molar-refractivity contribution >= 4 is 11.7 Å². The number of aromatic nitrogens is 2. The van der Waals surface area contributed by atoms with Crippen molar-refractivity contribution < 1.29 is 9.32 Å². The molecule has 0 bridgehead atoms. The van der Waals surface area contributed by atoms with Crippen LogP contribution < -0.4 is 4.90 Å². The van der Waals surface area contributed by atoms with Gasteiger partial charge in [-0.15, -0.1) is 0 Å². The van der Waals surface area contributed by atoms with Gasteiger partial charge < -0.3 is 9.42 Å². The predicted molar refractivity (Wildman–Crippen MR) is 66.4 cm³/mol. The van der Waals surface area contributed by atoms with E-state index in [0.717, 1.165) is 38.8 Å². The Kier molecular flexibility index (Phi) is 3.30. The summed E-state index contributed by atoms with van der Waals surface area (Å²) in [4.78, 5) is 18.3. The molecule has 1 unspecified atom stereocenters. The number of hydrogen-bond acceptors (Lipinski definition) is 5. The van der Waals surface area contributed by atoms with Gasteiger partial charge in [0, 0.05) is 31.8 Å². The Labute approximate surface area is 107 Å². The lowest BCUT2D eigenvalue weighted by atomic mass is 9.86. The van der Waals surface area contributed by atoms with Crippen molar-refractivity contribution in [2.24, 2.45) is 5.92 Å². The van der Waals surface area contributed by atoms with E-state index >= 15 is 0 Å². The highest BCUT2D eigenvalue weighted by atomic mass is 16.5. The zero-order valence-electron chi connectivity index (χ0n) is 10.6. The van der Waals surface area contributed by atoms with Gasteiger partial charge in [-0.1, -0.05) is 6.42 Å². The Morgan fingerprint density at radius 1 is 1.22 bits per heavy atom. The fourth-order valence-corrected chi connectivity index (χ4v) is 2.86. The highest BCUT2D eigenvalue weighted by Crippen LogP contribution is 2.24. The Morgan fingerprint density at radius 3 is 2.83 bits per heavy atom. The monoisotopic (exact) mass is 249 g/mol. The third-order valence-corrected chi connectivity index (χ3v) is 3.95. The summed E-state index contributed by atoms with van der Waals surface area (Å²) in [5.74, 6) is 1.79. The van der Waals surface area contributed by atoms with Crippen LogP contribution in [0.25, 0.3) is 0 Å². The molecule has 1 atom stereocenters. The SMILES string of the molecule is O=C1CCCCC1Cc1nc(N2CCCC2)no1. The lowest BCUT2D eigenvalue weighted by molar-refractivity contribution is -0.124. The molecule has 18 heavy (non-hydrogen) atoms. The lowest BCUT2D eigenvalue weighted by Crippen LogP contribution is -2.21. The number of hydrogen-bond donors (Lipinski definition) is 0. The molecule has 5 nitrogen and oxygen atoms in total. The summed E-state index contributed by atoms with van der Waals surface area (Å²) in [5.41, 5.74) is 0. The summed E-state index contributed by atoms with van der Waals surface area (Å²) in [5, 5.41) is 4.02. The zero-order chi connectivity index (χ0) is 12.4. The van der Waals surface area contributed by atoms with E-state index < -0.39 is 0 Å². The van der Waals surface area contributed by atoms with Crippen molar-refractivity contribution in [2.75, 3.05) is 18.0 Å². The quantitative estimate of drug-likeness (QED) is 0.819. The average Bonchev–Trinajstić information content (AvgIpc) is 3.02. The Bertz CT molecular complexity index is 424. The van der Waals surface area contributed by atoms with Gasteiger partial charge in [0.2, 0.25) is 5.89 Å². The minimum absolute atomic E-state index is 0.102. The number of anilines is 1. The van der Waals surface area contributed by atoms with E-state index in [9.17, 15) is 4.79 Å². The van der Waals surface area contributed by atoms with E-state index in [2.05, 4.69) is 15.0 Å². The number of nitrogens with zero attached hydrogens (tertiary/aromatic N) is 3.